The standard InChI is InChI=1S/C15H19NO4S/c1-12(21(3,19)20)15(18)16(2)11-14-8-5-4-7-13(14)9-6-10-17/h4-5,7-8,12,17H,10-11H2,1-3H3. The molecule has 6 heteroatoms. The zero-order chi connectivity index (χ0) is 16.0. The second-order valence-electron chi connectivity index (χ2n) is 4.78. The van der Waals surface area contributed by atoms with Crippen LogP contribution in [0, 0.1) is 11.8 Å². The average Bonchev–Trinajstić information content (AvgIpc) is 2.43. The molecule has 0 heterocycles. The predicted octanol–water partition coefficient (Wildman–Crippen LogP) is 0.422. The van der Waals surface area contributed by atoms with Gasteiger partial charge in [0.25, 0.3) is 0 Å². The van der Waals surface area contributed by atoms with Crippen LogP contribution >= 0.6 is 0 Å². The number of sulfone groups is 1. The maximum atomic E-state index is 12.1. The first-order chi connectivity index (χ1) is 9.77. The van der Waals surface area contributed by atoms with Crippen molar-refractivity contribution in [2.45, 2.75) is 18.7 Å². The van der Waals surface area contributed by atoms with Gasteiger partial charge in [0.05, 0.1) is 0 Å². The lowest BCUT2D eigenvalue weighted by Crippen LogP contribution is -2.38. The number of hydrogen-bond acceptors (Lipinski definition) is 4. The summed E-state index contributed by atoms with van der Waals surface area (Å²) in [5.41, 5.74) is 1.51. The molecule has 0 aliphatic heterocycles. The van der Waals surface area contributed by atoms with Gasteiger partial charge in [0.2, 0.25) is 5.91 Å². The minimum atomic E-state index is -3.42. The lowest BCUT2D eigenvalue weighted by molar-refractivity contribution is -0.129. The van der Waals surface area contributed by atoms with E-state index in [2.05, 4.69) is 11.8 Å². The quantitative estimate of drug-likeness (QED) is 0.818. The number of rotatable bonds is 4. The van der Waals surface area contributed by atoms with Crippen LogP contribution in [-0.2, 0) is 21.2 Å². The smallest absolute Gasteiger partial charge is 0.240 e. The van der Waals surface area contributed by atoms with Crippen molar-refractivity contribution in [1.29, 1.82) is 0 Å². The Morgan fingerprint density at radius 3 is 2.57 bits per heavy atom. The molecule has 1 unspecified atom stereocenters. The monoisotopic (exact) mass is 309 g/mol. The Morgan fingerprint density at radius 2 is 2.00 bits per heavy atom. The van der Waals surface area contributed by atoms with Crippen molar-refractivity contribution in [3.05, 3.63) is 35.4 Å². The molecule has 1 rings (SSSR count). The van der Waals surface area contributed by atoms with Gasteiger partial charge in [0, 0.05) is 25.4 Å². The Balaban J connectivity index is 2.94. The summed E-state index contributed by atoms with van der Waals surface area (Å²) in [4.78, 5) is 13.5. The average molecular weight is 309 g/mol. The van der Waals surface area contributed by atoms with E-state index >= 15 is 0 Å². The molecule has 1 amide bonds. The van der Waals surface area contributed by atoms with Gasteiger partial charge in [0.1, 0.15) is 11.9 Å². The first-order valence-electron chi connectivity index (χ1n) is 6.39. The third kappa shape index (κ3) is 4.88. The molecule has 0 aromatic heterocycles. The third-order valence-corrected chi connectivity index (χ3v) is 4.58. The summed E-state index contributed by atoms with van der Waals surface area (Å²) in [5, 5.41) is 7.67. The molecule has 5 nitrogen and oxygen atoms in total. The molecule has 1 N–H and O–H groups in total. The molecule has 1 aromatic rings. The van der Waals surface area contributed by atoms with E-state index in [1.807, 2.05) is 18.2 Å². The Labute approximate surface area is 125 Å². The number of carbonyl (C=O) groups excluding carboxylic acids is 1. The first-order valence-corrected chi connectivity index (χ1v) is 8.34. The van der Waals surface area contributed by atoms with Crippen LogP contribution in [0.1, 0.15) is 18.1 Å². The fourth-order valence-corrected chi connectivity index (χ4v) is 2.29. The van der Waals surface area contributed by atoms with Crippen molar-refractivity contribution in [3.8, 4) is 11.8 Å². The summed E-state index contributed by atoms with van der Waals surface area (Å²) in [6, 6.07) is 7.23. The Bertz CT molecular complexity index is 670. The highest BCUT2D eigenvalue weighted by molar-refractivity contribution is 7.92. The van der Waals surface area contributed by atoms with Crippen LogP contribution in [0.25, 0.3) is 0 Å². The van der Waals surface area contributed by atoms with E-state index < -0.39 is 21.0 Å². The summed E-state index contributed by atoms with van der Waals surface area (Å²) in [7, 11) is -1.86. The SMILES string of the molecule is CC(C(=O)N(C)Cc1ccccc1C#CCO)S(C)(=O)=O. The van der Waals surface area contributed by atoms with Gasteiger partial charge in [0.15, 0.2) is 9.84 Å². The lowest BCUT2D eigenvalue weighted by atomic mass is 10.1. The minimum Gasteiger partial charge on any atom is -0.384 e. The zero-order valence-electron chi connectivity index (χ0n) is 12.3. The van der Waals surface area contributed by atoms with E-state index in [0.29, 0.717) is 5.56 Å². The molecular weight excluding hydrogens is 290 g/mol. The minimum absolute atomic E-state index is 0.242. The van der Waals surface area contributed by atoms with E-state index in [9.17, 15) is 13.2 Å². The molecular formula is C15H19NO4S. The maximum Gasteiger partial charge on any atom is 0.240 e. The van der Waals surface area contributed by atoms with Crippen molar-refractivity contribution in [3.63, 3.8) is 0 Å². The topological polar surface area (TPSA) is 74.7 Å². The largest absolute Gasteiger partial charge is 0.384 e. The highest BCUT2D eigenvalue weighted by Crippen LogP contribution is 2.12. The second-order valence-corrected chi connectivity index (χ2v) is 7.15. The van der Waals surface area contributed by atoms with E-state index in [0.717, 1.165) is 11.8 Å². The van der Waals surface area contributed by atoms with Crippen LogP contribution in [-0.4, -0.2) is 49.5 Å². The van der Waals surface area contributed by atoms with E-state index in [4.69, 9.17) is 5.11 Å². The molecule has 0 spiro atoms. The Hall–Kier alpha value is -1.84. The molecule has 0 bridgehead atoms. The number of carbonyl (C=O) groups is 1. The van der Waals surface area contributed by atoms with Gasteiger partial charge in [-0.3, -0.25) is 4.79 Å². The summed E-state index contributed by atoms with van der Waals surface area (Å²) < 4.78 is 22.9. The molecule has 21 heavy (non-hydrogen) atoms. The predicted molar refractivity (Wildman–Crippen MR) is 81.2 cm³/mol. The molecule has 0 saturated heterocycles. The van der Waals surface area contributed by atoms with E-state index in [1.54, 1.807) is 13.1 Å². The van der Waals surface area contributed by atoms with Gasteiger partial charge in [-0.25, -0.2) is 8.42 Å². The highest BCUT2D eigenvalue weighted by Gasteiger charge is 2.26. The van der Waals surface area contributed by atoms with Crippen LogP contribution in [0.15, 0.2) is 24.3 Å². The van der Waals surface area contributed by atoms with Crippen LogP contribution in [0.5, 0.6) is 0 Å². The lowest BCUT2D eigenvalue weighted by Gasteiger charge is -2.21. The van der Waals surface area contributed by atoms with Gasteiger partial charge in [-0.15, -0.1) is 0 Å². The van der Waals surface area contributed by atoms with E-state index in [-0.39, 0.29) is 13.2 Å². The first kappa shape index (κ1) is 17.2. The zero-order valence-corrected chi connectivity index (χ0v) is 13.1. The molecule has 0 saturated carbocycles. The fraction of sp³-hybridized carbons (Fsp3) is 0.400. The molecule has 0 aliphatic rings. The van der Waals surface area contributed by atoms with Gasteiger partial charge in [-0.2, -0.15) is 0 Å². The number of benzene rings is 1. The Kier molecular flexibility index (Phi) is 5.94. The second kappa shape index (κ2) is 7.25. The summed E-state index contributed by atoms with van der Waals surface area (Å²) >= 11 is 0. The van der Waals surface area contributed by atoms with Crippen molar-refractivity contribution < 1.29 is 18.3 Å². The van der Waals surface area contributed by atoms with E-state index in [1.165, 1.54) is 11.8 Å². The Morgan fingerprint density at radius 1 is 1.38 bits per heavy atom. The third-order valence-electron chi connectivity index (χ3n) is 3.09. The van der Waals surface area contributed by atoms with Crippen molar-refractivity contribution in [2.75, 3.05) is 19.9 Å². The molecule has 114 valence electrons. The van der Waals surface area contributed by atoms with Crippen molar-refractivity contribution in [2.24, 2.45) is 0 Å². The summed E-state index contributed by atoms with van der Waals surface area (Å²) in [5.74, 6) is 4.92. The van der Waals surface area contributed by atoms with Gasteiger partial charge >= 0.3 is 0 Å². The fourth-order valence-electron chi connectivity index (χ4n) is 1.74. The number of aliphatic hydroxyl groups is 1. The molecule has 0 radical (unpaired) electrons. The van der Waals surface area contributed by atoms with Crippen LogP contribution < -0.4 is 0 Å². The number of aliphatic hydroxyl groups excluding tert-OH is 1. The van der Waals surface area contributed by atoms with Crippen LogP contribution in [0.3, 0.4) is 0 Å². The summed E-state index contributed by atoms with van der Waals surface area (Å²) in [6.07, 6.45) is 1.05. The normalized spacial score (nSPS) is 12.2. The van der Waals surface area contributed by atoms with Gasteiger partial charge < -0.3 is 10.0 Å². The highest BCUT2D eigenvalue weighted by atomic mass is 32.2. The number of hydrogen-bond donors (Lipinski definition) is 1. The van der Waals surface area contributed by atoms with Crippen molar-refractivity contribution in [1.82, 2.24) is 4.90 Å². The van der Waals surface area contributed by atoms with Gasteiger partial charge in [-0.05, 0) is 18.6 Å². The van der Waals surface area contributed by atoms with Crippen molar-refractivity contribution >= 4 is 15.7 Å². The maximum absolute atomic E-state index is 12.1. The number of amides is 1. The molecule has 1 aromatic carbocycles. The van der Waals surface area contributed by atoms with Gasteiger partial charge in [-0.1, -0.05) is 30.0 Å². The summed E-state index contributed by atoms with van der Waals surface area (Å²) in [6.45, 7) is 1.40. The number of nitrogens with zero attached hydrogens (tertiary/aromatic N) is 1. The van der Waals surface area contributed by atoms with Crippen LogP contribution in [0.2, 0.25) is 0 Å². The van der Waals surface area contributed by atoms with Crippen LogP contribution in [0.4, 0.5) is 0 Å². The molecule has 0 aliphatic carbocycles. The molecule has 1 atom stereocenters. The molecule has 0 fully saturated rings.